The summed E-state index contributed by atoms with van der Waals surface area (Å²) in [6, 6.07) is 20.3. The Balaban J connectivity index is 1.38. The van der Waals surface area contributed by atoms with E-state index in [1.807, 2.05) is 23.1 Å². The SMILES string of the molecule is O=C(c1ccc(Cl)cc1)N1CCC(c2cn(Cc3ccc(C(F)(F)F)cc3)c3ccccc23)C1. The highest BCUT2D eigenvalue weighted by Gasteiger charge is 2.31. The molecule has 5 rings (SSSR count). The molecule has 0 spiro atoms. The first-order valence-electron chi connectivity index (χ1n) is 11.1. The Morgan fingerprint density at radius 1 is 0.971 bits per heavy atom. The molecule has 0 bridgehead atoms. The molecule has 1 aliphatic heterocycles. The summed E-state index contributed by atoms with van der Waals surface area (Å²) in [5.41, 5.74) is 2.96. The molecule has 0 aliphatic carbocycles. The number of rotatable bonds is 4. The molecule has 34 heavy (non-hydrogen) atoms. The topological polar surface area (TPSA) is 25.2 Å². The van der Waals surface area contributed by atoms with E-state index in [0.29, 0.717) is 30.2 Å². The smallest absolute Gasteiger partial charge is 0.343 e. The first-order chi connectivity index (χ1) is 16.3. The van der Waals surface area contributed by atoms with E-state index >= 15 is 0 Å². The van der Waals surface area contributed by atoms with Crippen molar-refractivity contribution in [3.63, 3.8) is 0 Å². The fraction of sp³-hybridized carbons (Fsp3) is 0.222. The van der Waals surface area contributed by atoms with Crippen LogP contribution < -0.4 is 0 Å². The van der Waals surface area contributed by atoms with Gasteiger partial charge < -0.3 is 9.47 Å². The van der Waals surface area contributed by atoms with Crippen molar-refractivity contribution in [1.82, 2.24) is 9.47 Å². The van der Waals surface area contributed by atoms with Crippen LogP contribution >= 0.6 is 11.6 Å². The molecular formula is C27H22ClF3N2O. The zero-order chi connectivity index (χ0) is 23.9. The Morgan fingerprint density at radius 3 is 2.38 bits per heavy atom. The second-order valence-electron chi connectivity index (χ2n) is 8.67. The Labute approximate surface area is 200 Å². The predicted molar refractivity (Wildman–Crippen MR) is 127 cm³/mol. The van der Waals surface area contributed by atoms with Gasteiger partial charge in [0.1, 0.15) is 0 Å². The highest BCUT2D eigenvalue weighted by molar-refractivity contribution is 6.30. The van der Waals surface area contributed by atoms with Gasteiger partial charge in [0, 0.05) is 53.2 Å². The average Bonchev–Trinajstić information content (AvgIpc) is 3.44. The third-order valence-electron chi connectivity index (χ3n) is 6.46. The quantitative estimate of drug-likeness (QED) is 0.307. The molecule has 1 fully saturated rings. The Hall–Kier alpha value is -3.25. The van der Waals surface area contributed by atoms with E-state index in [9.17, 15) is 18.0 Å². The summed E-state index contributed by atoms with van der Waals surface area (Å²) in [4.78, 5) is 14.8. The lowest BCUT2D eigenvalue weighted by Gasteiger charge is -2.16. The van der Waals surface area contributed by atoms with Crippen molar-refractivity contribution >= 4 is 28.4 Å². The minimum atomic E-state index is -4.34. The number of likely N-dealkylation sites (tertiary alicyclic amines) is 1. The van der Waals surface area contributed by atoms with Crippen LogP contribution in [0.1, 0.15) is 39.4 Å². The molecule has 4 aromatic rings. The largest absolute Gasteiger partial charge is 0.416 e. The monoisotopic (exact) mass is 482 g/mol. The van der Waals surface area contributed by atoms with E-state index in [1.165, 1.54) is 12.1 Å². The highest BCUT2D eigenvalue weighted by atomic mass is 35.5. The second kappa shape index (κ2) is 8.84. The molecule has 1 aromatic heterocycles. The number of benzene rings is 3. The number of alkyl halides is 3. The number of hydrogen-bond acceptors (Lipinski definition) is 1. The number of hydrogen-bond donors (Lipinski definition) is 0. The van der Waals surface area contributed by atoms with Gasteiger partial charge in [-0.3, -0.25) is 4.79 Å². The van der Waals surface area contributed by atoms with Gasteiger partial charge in [0.05, 0.1) is 5.56 Å². The van der Waals surface area contributed by atoms with Crippen LogP contribution in [0, 0.1) is 0 Å². The van der Waals surface area contributed by atoms with Crippen LogP contribution in [0.25, 0.3) is 10.9 Å². The molecule has 2 heterocycles. The molecule has 174 valence electrons. The van der Waals surface area contributed by atoms with Gasteiger partial charge >= 0.3 is 6.18 Å². The standard InChI is InChI=1S/C27H22ClF3N2O/c28-22-11-7-19(8-12-22)26(34)32-14-13-20(16-32)24-17-33(25-4-2-1-3-23(24)25)15-18-5-9-21(10-6-18)27(29,30)31/h1-12,17,20H,13-16H2. The summed E-state index contributed by atoms with van der Waals surface area (Å²) in [7, 11) is 0. The number of aromatic nitrogens is 1. The van der Waals surface area contributed by atoms with Crippen molar-refractivity contribution in [3.8, 4) is 0 Å². The van der Waals surface area contributed by atoms with Gasteiger partial charge in [-0.05, 0) is 60.0 Å². The van der Waals surface area contributed by atoms with Crippen molar-refractivity contribution in [1.29, 1.82) is 0 Å². The molecule has 1 atom stereocenters. The molecule has 1 aliphatic rings. The summed E-state index contributed by atoms with van der Waals surface area (Å²) in [5, 5.41) is 1.71. The zero-order valence-electron chi connectivity index (χ0n) is 18.2. The van der Waals surface area contributed by atoms with Gasteiger partial charge in [-0.2, -0.15) is 13.2 Å². The van der Waals surface area contributed by atoms with Crippen LogP contribution in [0.4, 0.5) is 13.2 Å². The van der Waals surface area contributed by atoms with Gasteiger partial charge in [0.2, 0.25) is 0 Å². The zero-order valence-corrected chi connectivity index (χ0v) is 19.0. The Kier molecular flexibility index (Phi) is 5.86. The molecule has 1 amide bonds. The molecular weight excluding hydrogens is 461 g/mol. The van der Waals surface area contributed by atoms with Gasteiger partial charge in [-0.25, -0.2) is 0 Å². The number of nitrogens with zero attached hydrogens (tertiary/aromatic N) is 2. The lowest BCUT2D eigenvalue weighted by Crippen LogP contribution is -2.28. The number of carbonyl (C=O) groups is 1. The van der Waals surface area contributed by atoms with E-state index < -0.39 is 11.7 Å². The minimum Gasteiger partial charge on any atom is -0.343 e. The van der Waals surface area contributed by atoms with Crippen LogP contribution in [-0.2, 0) is 12.7 Å². The number of carbonyl (C=O) groups excluding carboxylic acids is 1. The lowest BCUT2D eigenvalue weighted by atomic mass is 9.98. The van der Waals surface area contributed by atoms with Crippen molar-refractivity contribution in [2.24, 2.45) is 0 Å². The summed E-state index contributed by atoms with van der Waals surface area (Å²) in [6.45, 7) is 1.76. The third-order valence-corrected chi connectivity index (χ3v) is 6.71. The molecule has 0 radical (unpaired) electrons. The lowest BCUT2D eigenvalue weighted by molar-refractivity contribution is -0.137. The Morgan fingerprint density at radius 2 is 1.68 bits per heavy atom. The highest BCUT2D eigenvalue weighted by Crippen LogP contribution is 2.35. The average molecular weight is 483 g/mol. The molecule has 0 N–H and O–H groups in total. The number of halogens is 4. The number of para-hydroxylation sites is 1. The summed E-state index contributed by atoms with van der Waals surface area (Å²) in [6.07, 6.45) is -1.40. The van der Waals surface area contributed by atoms with Crippen LogP contribution in [-0.4, -0.2) is 28.5 Å². The maximum Gasteiger partial charge on any atom is 0.416 e. The number of fused-ring (bicyclic) bond motifs is 1. The van der Waals surface area contributed by atoms with E-state index in [1.54, 1.807) is 24.3 Å². The minimum absolute atomic E-state index is 0.00680. The van der Waals surface area contributed by atoms with Crippen molar-refractivity contribution in [3.05, 3.63) is 106 Å². The van der Waals surface area contributed by atoms with Crippen molar-refractivity contribution < 1.29 is 18.0 Å². The van der Waals surface area contributed by atoms with E-state index in [0.717, 1.165) is 40.6 Å². The fourth-order valence-electron chi connectivity index (χ4n) is 4.70. The molecule has 3 nitrogen and oxygen atoms in total. The Bertz CT molecular complexity index is 1330. The third kappa shape index (κ3) is 4.42. The second-order valence-corrected chi connectivity index (χ2v) is 9.10. The summed E-state index contributed by atoms with van der Waals surface area (Å²) in [5.74, 6) is 0.183. The molecule has 1 saturated heterocycles. The van der Waals surface area contributed by atoms with E-state index in [-0.39, 0.29) is 11.8 Å². The fourth-order valence-corrected chi connectivity index (χ4v) is 4.83. The first kappa shape index (κ1) is 22.5. The van der Waals surface area contributed by atoms with E-state index in [2.05, 4.69) is 16.8 Å². The maximum atomic E-state index is 12.9. The van der Waals surface area contributed by atoms with Crippen LogP contribution in [0.5, 0.6) is 0 Å². The van der Waals surface area contributed by atoms with Crippen molar-refractivity contribution in [2.45, 2.75) is 25.1 Å². The first-order valence-corrected chi connectivity index (χ1v) is 11.5. The van der Waals surface area contributed by atoms with Gasteiger partial charge in [0.25, 0.3) is 5.91 Å². The van der Waals surface area contributed by atoms with E-state index in [4.69, 9.17) is 11.6 Å². The maximum absolute atomic E-state index is 12.9. The molecule has 0 saturated carbocycles. The van der Waals surface area contributed by atoms with Gasteiger partial charge in [-0.1, -0.05) is 41.9 Å². The predicted octanol–water partition coefficient (Wildman–Crippen LogP) is 6.99. The summed E-state index contributed by atoms with van der Waals surface area (Å²) >= 11 is 5.95. The van der Waals surface area contributed by atoms with Crippen LogP contribution in [0.15, 0.2) is 79.0 Å². The van der Waals surface area contributed by atoms with Crippen molar-refractivity contribution in [2.75, 3.05) is 13.1 Å². The van der Waals surface area contributed by atoms with Gasteiger partial charge in [0.15, 0.2) is 0 Å². The number of amides is 1. The molecule has 3 aromatic carbocycles. The molecule has 7 heteroatoms. The van der Waals surface area contributed by atoms with Crippen LogP contribution in [0.3, 0.4) is 0 Å². The summed E-state index contributed by atoms with van der Waals surface area (Å²) < 4.78 is 40.8. The normalized spacial score (nSPS) is 16.4. The van der Waals surface area contributed by atoms with Crippen LogP contribution in [0.2, 0.25) is 5.02 Å². The van der Waals surface area contributed by atoms with Gasteiger partial charge in [-0.15, -0.1) is 0 Å². The molecule has 1 unspecified atom stereocenters.